The maximum atomic E-state index is 13.9. The van der Waals surface area contributed by atoms with Gasteiger partial charge >= 0.3 is 0 Å². The van der Waals surface area contributed by atoms with E-state index in [0.29, 0.717) is 5.56 Å². The molecule has 3 N–H and O–H groups in total. The monoisotopic (exact) mass is 326 g/mol. The van der Waals surface area contributed by atoms with Crippen molar-refractivity contribution in [2.75, 3.05) is 12.8 Å². The summed E-state index contributed by atoms with van der Waals surface area (Å²) in [6.07, 6.45) is -0.375. The average molecular weight is 326 g/mol. The van der Waals surface area contributed by atoms with Crippen molar-refractivity contribution in [1.29, 1.82) is 0 Å². The van der Waals surface area contributed by atoms with Crippen LogP contribution in [0.1, 0.15) is 49.7 Å². The van der Waals surface area contributed by atoms with E-state index in [1.54, 1.807) is 0 Å². The highest BCUT2D eigenvalue weighted by atomic mass is 28.4. The van der Waals surface area contributed by atoms with Gasteiger partial charge in [-0.05, 0) is 37.2 Å². The summed E-state index contributed by atoms with van der Waals surface area (Å²) in [5.74, 6) is -0.897. The van der Waals surface area contributed by atoms with Crippen molar-refractivity contribution in [3.05, 3.63) is 29.1 Å². The third-order valence-corrected chi connectivity index (χ3v) is 8.92. The SMILES string of the molecule is CNC(=O)c1cc(F)cc(C(C)O[Si](C)(C)C(C)(C)C)c1N. The molecule has 4 nitrogen and oxygen atoms in total. The van der Waals surface area contributed by atoms with Crippen LogP contribution in [0.15, 0.2) is 12.1 Å². The molecule has 1 unspecified atom stereocenters. The van der Waals surface area contributed by atoms with E-state index in [2.05, 4.69) is 39.2 Å². The standard InChI is InChI=1S/C16H27FN2O2Si/c1-10(21-22(6,7)16(2,3)4)12-8-11(17)9-13(14(12)18)15(20)19-5/h8-10H,18H2,1-7H3,(H,19,20). The Morgan fingerprint density at radius 2 is 1.91 bits per heavy atom. The molecule has 1 rings (SSSR count). The normalized spacial score (nSPS) is 13.8. The third-order valence-electron chi connectivity index (χ3n) is 4.36. The lowest BCUT2D eigenvalue weighted by Crippen LogP contribution is -2.41. The van der Waals surface area contributed by atoms with Crippen LogP contribution in [0.4, 0.5) is 10.1 Å². The molecule has 0 radical (unpaired) electrons. The molecule has 6 heteroatoms. The fraction of sp³-hybridized carbons (Fsp3) is 0.562. The van der Waals surface area contributed by atoms with Crippen LogP contribution in [0, 0.1) is 5.82 Å². The Bertz CT molecular complexity index is 568. The van der Waals surface area contributed by atoms with E-state index < -0.39 is 20.0 Å². The molecule has 124 valence electrons. The van der Waals surface area contributed by atoms with Crippen molar-refractivity contribution in [2.45, 2.75) is 51.9 Å². The van der Waals surface area contributed by atoms with Gasteiger partial charge in [-0.3, -0.25) is 4.79 Å². The quantitative estimate of drug-likeness (QED) is 0.652. The first-order valence-electron chi connectivity index (χ1n) is 7.39. The molecule has 0 aliphatic heterocycles. The molecule has 1 amide bonds. The predicted octanol–water partition coefficient (Wildman–Crippen LogP) is 3.85. The van der Waals surface area contributed by atoms with E-state index in [9.17, 15) is 9.18 Å². The summed E-state index contributed by atoms with van der Waals surface area (Å²) in [6.45, 7) is 12.5. The lowest BCUT2D eigenvalue weighted by atomic mass is 10.0. The molecule has 0 aromatic heterocycles. The van der Waals surface area contributed by atoms with Gasteiger partial charge in [-0.1, -0.05) is 20.8 Å². The number of hydrogen-bond acceptors (Lipinski definition) is 3. The lowest BCUT2D eigenvalue weighted by molar-refractivity contribution is 0.0963. The lowest BCUT2D eigenvalue weighted by Gasteiger charge is -2.38. The highest BCUT2D eigenvalue weighted by Crippen LogP contribution is 2.40. The Morgan fingerprint density at radius 3 is 2.36 bits per heavy atom. The molecule has 1 aromatic carbocycles. The van der Waals surface area contributed by atoms with Gasteiger partial charge in [0, 0.05) is 12.6 Å². The van der Waals surface area contributed by atoms with Gasteiger partial charge in [0.1, 0.15) is 5.82 Å². The number of nitrogen functional groups attached to an aromatic ring is 1. The first kappa shape index (κ1) is 18.6. The van der Waals surface area contributed by atoms with Gasteiger partial charge in [-0.25, -0.2) is 4.39 Å². The van der Waals surface area contributed by atoms with Crippen LogP contribution < -0.4 is 11.1 Å². The van der Waals surface area contributed by atoms with Gasteiger partial charge in [-0.2, -0.15) is 0 Å². The van der Waals surface area contributed by atoms with Crippen molar-refractivity contribution < 1.29 is 13.6 Å². The molecule has 0 saturated carbocycles. The van der Waals surface area contributed by atoms with Gasteiger partial charge in [0.2, 0.25) is 0 Å². The second-order valence-corrected chi connectivity index (χ2v) is 11.8. The molecule has 0 bridgehead atoms. The minimum Gasteiger partial charge on any atom is -0.410 e. The van der Waals surface area contributed by atoms with Crippen molar-refractivity contribution >= 4 is 19.9 Å². The van der Waals surface area contributed by atoms with Gasteiger partial charge < -0.3 is 15.5 Å². The van der Waals surface area contributed by atoms with Crippen LogP contribution in [0.2, 0.25) is 18.1 Å². The van der Waals surface area contributed by atoms with Crippen molar-refractivity contribution in [1.82, 2.24) is 5.32 Å². The van der Waals surface area contributed by atoms with E-state index in [1.807, 2.05) is 6.92 Å². The summed E-state index contributed by atoms with van der Waals surface area (Å²) in [6, 6.07) is 2.50. The van der Waals surface area contributed by atoms with Gasteiger partial charge in [0.25, 0.3) is 5.91 Å². The second-order valence-electron chi connectivity index (χ2n) is 7.06. The Kier molecular flexibility index (Phi) is 5.41. The van der Waals surface area contributed by atoms with Crippen molar-refractivity contribution in [3.8, 4) is 0 Å². The highest BCUT2D eigenvalue weighted by molar-refractivity contribution is 6.74. The number of amides is 1. The Balaban J connectivity index is 3.22. The zero-order chi connectivity index (χ0) is 17.3. The van der Waals surface area contributed by atoms with E-state index >= 15 is 0 Å². The van der Waals surface area contributed by atoms with E-state index in [-0.39, 0.29) is 22.4 Å². The second kappa shape index (κ2) is 6.38. The molecule has 1 atom stereocenters. The number of carbonyl (C=O) groups excluding carboxylic acids is 1. The van der Waals surface area contributed by atoms with Crippen LogP contribution in [-0.2, 0) is 4.43 Å². The Hall–Kier alpha value is -1.40. The maximum Gasteiger partial charge on any atom is 0.253 e. The molecule has 22 heavy (non-hydrogen) atoms. The topological polar surface area (TPSA) is 64.3 Å². The largest absolute Gasteiger partial charge is 0.410 e. The molecule has 1 aromatic rings. The van der Waals surface area contributed by atoms with Gasteiger partial charge in [-0.15, -0.1) is 0 Å². The zero-order valence-corrected chi connectivity index (χ0v) is 15.5. The van der Waals surface area contributed by atoms with Gasteiger partial charge in [0.05, 0.1) is 17.4 Å². The number of anilines is 1. The summed E-state index contributed by atoms with van der Waals surface area (Å²) in [5, 5.41) is 2.50. The summed E-state index contributed by atoms with van der Waals surface area (Å²) in [4.78, 5) is 11.8. The smallest absolute Gasteiger partial charge is 0.253 e. The van der Waals surface area contributed by atoms with Gasteiger partial charge in [0.15, 0.2) is 8.32 Å². The fourth-order valence-electron chi connectivity index (χ4n) is 1.98. The predicted molar refractivity (Wildman–Crippen MR) is 90.9 cm³/mol. The molecule has 0 heterocycles. The van der Waals surface area contributed by atoms with Crippen molar-refractivity contribution in [2.24, 2.45) is 0 Å². The fourth-order valence-corrected chi connectivity index (χ4v) is 3.34. The van der Waals surface area contributed by atoms with Crippen LogP contribution in [-0.4, -0.2) is 21.3 Å². The van der Waals surface area contributed by atoms with Crippen LogP contribution >= 0.6 is 0 Å². The van der Waals surface area contributed by atoms with E-state index in [4.69, 9.17) is 10.2 Å². The number of rotatable bonds is 4. The summed E-state index contributed by atoms with van der Waals surface area (Å²) >= 11 is 0. The molecule has 0 spiro atoms. The highest BCUT2D eigenvalue weighted by Gasteiger charge is 2.39. The molecule has 0 fully saturated rings. The van der Waals surface area contributed by atoms with Crippen molar-refractivity contribution in [3.63, 3.8) is 0 Å². The minimum absolute atomic E-state index is 0.0347. The average Bonchev–Trinajstić information content (AvgIpc) is 2.38. The molecule has 0 saturated heterocycles. The summed E-state index contributed by atoms with van der Waals surface area (Å²) in [7, 11) is -0.535. The number of hydrogen-bond donors (Lipinski definition) is 2. The molecular formula is C16H27FN2O2Si. The minimum atomic E-state index is -2.02. The van der Waals surface area contributed by atoms with E-state index in [1.165, 1.54) is 13.1 Å². The Morgan fingerprint density at radius 1 is 1.36 bits per heavy atom. The number of benzene rings is 1. The number of carbonyl (C=O) groups is 1. The number of nitrogens with one attached hydrogen (secondary N) is 1. The maximum absolute atomic E-state index is 13.9. The zero-order valence-electron chi connectivity index (χ0n) is 14.5. The van der Waals surface area contributed by atoms with E-state index in [0.717, 1.165) is 6.07 Å². The molecular weight excluding hydrogens is 299 g/mol. The number of halogens is 1. The number of nitrogens with two attached hydrogens (primary N) is 1. The van der Waals surface area contributed by atoms with Crippen LogP contribution in [0.3, 0.4) is 0 Å². The first-order valence-corrected chi connectivity index (χ1v) is 10.3. The Labute approximate surface area is 133 Å². The molecule has 0 aliphatic carbocycles. The summed E-state index contributed by atoms with van der Waals surface area (Å²) in [5.41, 5.74) is 6.99. The van der Waals surface area contributed by atoms with Crippen LogP contribution in [0.5, 0.6) is 0 Å². The summed E-state index contributed by atoms with van der Waals surface area (Å²) < 4.78 is 20.1. The third kappa shape index (κ3) is 3.87. The first-order chi connectivity index (χ1) is 9.90. The molecule has 0 aliphatic rings. The van der Waals surface area contributed by atoms with Crippen LogP contribution in [0.25, 0.3) is 0 Å².